The SMILES string of the molecule is CCOC(=O)c1ccc(C2(N)CC2)c(F)c1. The van der Waals surface area contributed by atoms with Crippen molar-refractivity contribution in [3.8, 4) is 0 Å². The molecule has 0 unspecified atom stereocenters. The highest BCUT2D eigenvalue weighted by Gasteiger charge is 2.42. The van der Waals surface area contributed by atoms with E-state index in [-0.39, 0.29) is 12.2 Å². The van der Waals surface area contributed by atoms with Gasteiger partial charge in [0.05, 0.1) is 12.2 Å². The minimum Gasteiger partial charge on any atom is -0.462 e. The first-order valence-electron chi connectivity index (χ1n) is 5.33. The third-order valence-corrected chi connectivity index (χ3v) is 2.81. The van der Waals surface area contributed by atoms with Gasteiger partial charge in [-0.05, 0) is 31.9 Å². The highest BCUT2D eigenvalue weighted by atomic mass is 19.1. The summed E-state index contributed by atoms with van der Waals surface area (Å²) < 4.78 is 18.5. The van der Waals surface area contributed by atoms with Crippen LogP contribution in [0.3, 0.4) is 0 Å². The molecule has 0 amide bonds. The summed E-state index contributed by atoms with van der Waals surface area (Å²) in [5.41, 5.74) is 6.10. The van der Waals surface area contributed by atoms with E-state index in [9.17, 15) is 9.18 Å². The molecule has 0 heterocycles. The second-order valence-electron chi connectivity index (χ2n) is 4.07. The molecule has 1 aliphatic rings. The average Bonchev–Trinajstić information content (AvgIpc) is 2.97. The summed E-state index contributed by atoms with van der Waals surface area (Å²) >= 11 is 0. The maximum atomic E-state index is 13.7. The molecule has 1 aromatic rings. The molecular formula is C12H14FNO2. The molecule has 0 aromatic heterocycles. The molecule has 1 aromatic carbocycles. The topological polar surface area (TPSA) is 52.3 Å². The minimum absolute atomic E-state index is 0.229. The number of esters is 1. The largest absolute Gasteiger partial charge is 0.462 e. The van der Waals surface area contributed by atoms with Gasteiger partial charge in [-0.3, -0.25) is 0 Å². The summed E-state index contributed by atoms with van der Waals surface area (Å²) in [6, 6.07) is 4.33. The van der Waals surface area contributed by atoms with E-state index < -0.39 is 17.3 Å². The lowest BCUT2D eigenvalue weighted by Crippen LogP contribution is -2.20. The lowest BCUT2D eigenvalue weighted by molar-refractivity contribution is 0.0525. The van der Waals surface area contributed by atoms with E-state index in [1.54, 1.807) is 19.1 Å². The van der Waals surface area contributed by atoms with Gasteiger partial charge in [0.1, 0.15) is 5.82 Å². The number of benzene rings is 1. The maximum absolute atomic E-state index is 13.7. The van der Waals surface area contributed by atoms with Gasteiger partial charge in [0.15, 0.2) is 0 Å². The summed E-state index contributed by atoms with van der Waals surface area (Å²) in [4.78, 5) is 11.4. The fraction of sp³-hybridized carbons (Fsp3) is 0.417. The smallest absolute Gasteiger partial charge is 0.338 e. The summed E-state index contributed by atoms with van der Waals surface area (Å²) in [5.74, 6) is -0.930. The molecule has 16 heavy (non-hydrogen) atoms. The third kappa shape index (κ3) is 1.93. The Bertz CT molecular complexity index is 427. The summed E-state index contributed by atoms with van der Waals surface area (Å²) in [6.45, 7) is 1.99. The molecule has 0 atom stereocenters. The molecule has 3 nitrogen and oxygen atoms in total. The number of hydrogen-bond acceptors (Lipinski definition) is 3. The molecule has 86 valence electrons. The van der Waals surface area contributed by atoms with Crippen LogP contribution >= 0.6 is 0 Å². The van der Waals surface area contributed by atoms with Crippen molar-refractivity contribution in [3.05, 3.63) is 35.1 Å². The first-order valence-corrected chi connectivity index (χ1v) is 5.33. The molecule has 0 spiro atoms. The second-order valence-corrected chi connectivity index (χ2v) is 4.07. The van der Waals surface area contributed by atoms with E-state index in [4.69, 9.17) is 10.5 Å². The highest BCUT2D eigenvalue weighted by molar-refractivity contribution is 5.89. The number of hydrogen-bond donors (Lipinski definition) is 1. The Labute approximate surface area is 93.4 Å². The van der Waals surface area contributed by atoms with Crippen LogP contribution in [-0.4, -0.2) is 12.6 Å². The van der Waals surface area contributed by atoms with Crippen molar-refractivity contribution >= 4 is 5.97 Å². The van der Waals surface area contributed by atoms with Crippen molar-refractivity contribution < 1.29 is 13.9 Å². The zero-order valence-corrected chi connectivity index (χ0v) is 9.13. The first-order chi connectivity index (χ1) is 7.57. The molecular weight excluding hydrogens is 209 g/mol. The molecule has 0 saturated heterocycles. The molecule has 2 rings (SSSR count). The molecule has 0 radical (unpaired) electrons. The van der Waals surface area contributed by atoms with Gasteiger partial charge < -0.3 is 10.5 Å². The molecule has 1 aliphatic carbocycles. The Morgan fingerprint density at radius 1 is 1.56 bits per heavy atom. The Morgan fingerprint density at radius 2 is 2.25 bits per heavy atom. The van der Waals surface area contributed by atoms with Gasteiger partial charge in [-0.15, -0.1) is 0 Å². The van der Waals surface area contributed by atoms with Gasteiger partial charge in [0.25, 0.3) is 0 Å². The zero-order chi connectivity index (χ0) is 11.8. The second kappa shape index (κ2) is 3.87. The Morgan fingerprint density at radius 3 is 2.75 bits per heavy atom. The van der Waals surface area contributed by atoms with Crippen LogP contribution in [0.2, 0.25) is 0 Å². The standard InChI is InChI=1S/C12H14FNO2/c1-2-16-11(15)8-3-4-9(10(13)7-8)12(14)5-6-12/h3-4,7H,2,5-6,14H2,1H3. The quantitative estimate of drug-likeness (QED) is 0.797. The van der Waals surface area contributed by atoms with Gasteiger partial charge in [-0.1, -0.05) is 6.07 Å². The van der Waals surface area contributed by atoms with Crippen molar-refractivity contribution in [2.24, 2.45) is 5.73 Å². The number of carbonyl (C=O) groups excluding carboxylic acids is 1. The predicted molar refractivity (Wildman–Crippen MR) is 57.5 cm³/mol. The van der Waals surface area contributed by atoms with E-state index in [1.165, 1.54) is 6.07 Å². The Hall–Kier alpha value is -1.42. The first kappa shape index (κ1) is 11.1. The number of nitrogens with two attached hydrogens (primary N) is 1. The summed E-state index contributed by atoms with van der Waals surface area (Å²) in [6.07, 6.45) is 1.59. The predicted octanol–water partition coefficient (Wildman–Crippen LogP) is 1.95. The molecule has 1 fully saturated rings. The third-order valence-electron chi connectivity index (χ3n) is 2.81. The fourth-order valence-corrected chi connectivity index (χ4v) is 1.66. The number of carbonyl (C=O) groups is 1. The van der Waals surface area contributed by atoms with E-state index in [2.05, 4.69) is 0 Å². The lowest BCUT2D eigenvalue weighted by atomic mass is 10.0. The van der Waals surface area contributed by atoms with Gasteiger partial charge in [-0.2, -0.15) is 0 Å². The van der Waals surface area contributed by atoms with Crippen molar-refractivity contribution in [1.82, 2.24) is 0 Å². The number of halogens is 1. The fourth-order valence-electron chi connectivity index (χ4n) is 1.66. The van der Waals surface area contributed by atoms with Crippen LogP contribution < -0.4 is 5.73 Å². The number of rotatable bonds is 3. The van der Waals surface area contributed by atoms with Crippen LogP contribution in [0.15, 0.2) is 18.2 Å². The van der Waals surface area contributed by atoms with Crippen molar-refractivity contribution in [2.45, 2.75) is 25.3 Å². The molecule has 1 saturated carbocycles. The van der Waals surface area contributed by atoms with Crippen LogP contribution in [0.5, 0.6) is 0 Å². The monoisotopic (exact) mass is 223 g/mol. The minimum atomic E-state index is -0.517. The van der Waals surface area contributed by atoms with E-state index in [0.717, 1.165) is 12.8 Å². The van der Waals surface area contributed by atoms with Crippen LogP contribution in [0.25, 0.3) is 0 Å². The number of ether oxygens (including phenoxy) is 1. The van der Waals surface area contributed by atoms with Crippen LogP contribution in [0.4, 0.5) is 4.39 Å². The molecule has 4 heteroatoms. The van der Waals surface area contributed by atoms with Gasteiger partial charge in [0, 0.05) is 11.1 Å². The summed E-state index contributed by atoms with van der Waals surface area (Å²) in [7, 11) is 0. The molecule has 0 aliphatic heterocycles. The lowest BCUT2D eigenvalue weighted by Gasteiger charge is -2.11. The zero-order valence-electron chi connectivity index (χ0n) is 9.13. The van der Waals surface area contributed by atoms with E-state index >= 15 is 0 Å². The van der Waals surface area contributed by atoms with Crippen LogP contribution in [0.1, 0.15) is 35.7 Å². The maximum Gasteiger partial charge on any atom is 0.338 e. The van der Waals surface area contributed by atoms with Crippen molar-refractivity contribution in [1.29, 1.82) is 0 Å². The summed E-state index contributed by atoms with van der Waals surface area (Å²) in [5, 5.41) is 0. The highest BCUT2D eigenvalue weighted by Crippen LogP contribution is 2.43. The van der Waals surface area contributed by atoms with Gasteiger partial charge in [-0.25, -0.2) is 9.18 Å². The Kier molecular flexibility index (Phi) is 2.68. The van der Waals surface area contributed by atoms with Gasteiger partial charge in [0.2, 0.25) is 0 Å². The van der Waals surface area contributed by atoms with Crippen molar-refractivity contribution in [2.75, 3.05) is 6.61 Å². The van der Waals surface area contributed by atoms with E-state index in [0.29, 0.717) is 5.56 Å². The molecule has 2 N–H and O–H groups in total. The van der Waals surface area contributed by atoms with E-state index in [1.807, 2.05) is 0 Å². The Balaban J connectivity index is 2.26. The van der Waals surface area contributed by atoms with Crippen LogP contribution in [0, 0.1) is 5.82 Å². The van der Waals surface area contributed by atoms with Crippen LogP contribution in [-0.2, 0) is 10.3 Å². The van der Waals surface area contributed by atoms with Gasteiger partial charge >= 0.3 is 5.97 Å². The van der Waals surface area contributed by atoms with Crippen molar-refractivity contribution in [3.63, 3.8) is 0 Å². The normalized spacial score (nSPS) is 16.9. The molecule has 0 bridgehead atoms. The average molecular weight is 223 g/mol.